The van der Waals surface area contributed by atoms with E-state index in [9.17, 15) is 9.59 Å². The van der Waals surface area contributed by atoms with E-state index in [2.05, 4.69) is 40.7 Å². The quantitative estimate of drug-likeness (QED) is 0.350. The lowest BCUT2D eigenvalue weighted by molar-refractivity contribution is -0.132. The van der Waals surface area contributed by atoms with Crippen LogP contribution >= 0.6 is 0 Å². The van der Waals surface area contributed by atoms with Gasteiger partial charge < -0.3 is 0 Å². The summed E-state index contributed by atoms with van der Waals surface area (Å²) in [6.45, 7) is 15.7. The van der Waals surface area contributed by atoms with Crippen LogP contribution in [0.3, 0.4) is 0 Å². The van der Waals surface area contributed by atoms with Gasteiger partial charge in [-0.2, -0.15) is 0 Å². The molecule has 0 aromatic heterocycles. The summed E-state index contributed by atoms with van der Waals surface area (Å²) in [7, 11) is 0. The standard InChI is InChI=1S/C29H44O2/c1-18(2)16-20(30)17-19(3)22-9-10-23-21-8-11-25-27(4,5)26(31)13-15-29(25,7)24(21)12-14-28(22,23)6/h11,16,19,21-24H,8-10,12-15,17H2,1-7H3/t19-,21+,22-,23+,24+,28-,29-/m1/s1. The Balaban J connectivity index is 1.58. The second-order valence-electron chi connectivity index (χ2n) is 12.8. The third-order valence-electron chi connectivity index (χ3n) is 10.4. The van der Waals surface area contributed by atoms with E-state index in [1.807, 2.05) is 19.9 Å². The molecular weight excluding hydrogens is 380 g/mol. The first-order valence-corrected chi connectivity index (χ1v) is 12.8. The summed E-state index contributed by atoms with van der Waals surface area (Å²) in [5.74, 6) is 4.11. The smallest absolute Gasteiger partial charge is 0.155 e. The number of Topliss-reactive ketones (excluding diaryl/α,β-unsaturated/α-hetero) is 1. The molecule has 0 N–H and O–H groups in total. The van der Waals surface area contributed by atoms with Crippen LogP contribution < -0.4 is 0 Å². The first kappa shape index (κ1) is 23.0. The van der Waals surface area contributed by atoms with Crippen molar-refractivity contribution in [2.45, 2.75) is 99.8 Å². The number of hydrogen-bond acceptors (Lipinski definition) is 2. The predicted octanol–water partition coefficient (Wildman–Crippen LogP) is 7.33. The van der Waals surface area contributed by atoms with Gasteiger partial charge in [-0.15, -0.1) is 0 Å². The topological polar surface area (TPSA) is 34.1 Å². The van der Waals surface area contributed by atoms with Gasteiger partial charge in [-0.25, -0.2) is 0 Å². The number of hydrogen-bond donors (Lipinski definition) is 0. The zero-order valence-electron chi connectivity index (χ0n) is 21.0. The summed E-state index contributed by atoms with van der Waals surface area (Å²) in [5, 5.41) is 0. The molecule has 4 aliphatic carbocycles. The lowest BCUT2D eigenvalue weighted by atomic mass is 9.44. The van der Waals surface area contributed by atoms with Gasteiger partial charge in [-0.05, 0) is 113 Å². The van der Waals surface area contributed by atoms with E-state index in [0.717, 1.165) is 42.6 Å². The monoisotopic (exact) mass is 424 g/mol. The van der Waals surface area contributed by atoms with E-state index < -0.39 is 0 Å². The van der Waals surface area contributed by atoms with Crippen LogP contribution in [0.2, 0.25) is 0 Å². The molecule has 2 nitrogen and oxygen atoms in total. The van der Waals surface area contributed by atoms with Gasteiger partial charge in [0.05, 0.1) is 0 Å². The molecule has 0 unspecified atom stereocenters. The van der Waals surface area contributed by atoms with Crippen molar-refractivity contribution >= 4 is 11.6 Å². The molecule has 0 radical (unpaired) electrons. The highest BCUT2D eigenvalue weighted by atomic mass is 16.1. The lowest BCUT2D eigenvalue weighted by Gasteiger charge is -2.60. The minimum Gasteiger partial charge on any atom is -0.299 e. The van der Waals surface area contributed by atoms with E-state index in [0.29, 0.717) is 35.2 Å². The molecule has 0 saturated heterocycles. The van der Waals surface area contributed by atoms with Gasteiger partial charge in [0.2, 0.25) is 0 Å². The van der Waals surface area contributed by atoms with Crippen molar-refractivity contribution in [2.75, 3.05) is 0 Å². The molecule has 0 aromatic carbocycles. The molecule has 0 bridgehead atoms. The molecule has 0 aromatic rings. The molecule has 7 atom stereocenters. The Kier molecular flexibility index (Phi) is 5.71. The fourth-order valence-corrected chi connectivity index (χ4v) is 9.03. The third kappa shape index (κ3) is 3.51. The van der Waals surface area contributed by atoms with Gasteiger partial charge in [0.15, 0.2) is 5.78 Å². The van der Waals surface area contributed by atoms with Crippen molar-refractivity contribution in [1.82, 2.24) is 0 Å². The fourth-order valence-electron chi connectivity index (χ4n) is 9.03. The molecule has 0 amide bonds. The van der Waals surface area contributed by atoms with Crippen LogP contribution in [0, 0.1) is 45.8 Å². The summed E-state index contributed by atoms with van der Waals surface area (Å²) >= 11 is 0. The molecular formula is C29H44O2. The van der Waals surface area contributed by atoms with E-state index in [1.54, 1.807) is 0 Å². The van der Waals surface area contributed by atoms with E-state index >= 15 is 0 Å². The molecule has 0 spiro atoms. The van der Waals surface area contributed by atoms with E-state index in [1.165, 1.54) is 31.3 Å². The molecule has 172 valence electrons. The van der Waals surface area contributed by atoms with Crippen LogP contribution in [-0.2, 0) is 9.59 Å². The number of ketones is 2. The molecule has 3 fully saturated rings. The molecule has 0 heterocycles. The minimum atomic E-state index is -0.281. The summed E-state index contributed by atoms with van der Waals surface area (Å²) in [4.78, 5) is 25.2. The number of carbonyl (C=O) groups is 2. The Morgan fingerprint density at radius 2 is 1.81 bits per heavy atom. The molecule has 2 heteroatoms. The van der Waals surface area contributed by atoms with Crippen molar-refractivity contribution in [3.8, 4) is 0 Å². The zero-order valence-corrected chi connectivity index (χ0v) is 21.0. The molecule has 3 saturated carbocycles. The Morgan fingerprint density at radius 1 is 1.10 bits per heavy atom. The maximum atomic E-state index is 12.7. The number of carbonyl (C=O) groups excluding carboxylic acids is 2. The van der Waals surface area contributed by atoms with Gasteiger partial charge in [0, 0.05) is 18.3 Å². The molecule has 31 heavy (non-hydrogen) atoms. The zero-order chi connectivity index (χ0) is 22.8. The first-order valence-electron chi connectivity index (χ1n) is 12.8. The molecule has 4 aliphatic rings. The van der Waals surface area contributed by atoms with Gasteiger partial charge in [-0.1, -0.05) is 38.0 Å². The summed E-state index contributed by atoms with van der Waals surface area (Å²) < 4.78 is 0. The van der Waals surface area contributed by atoms with Gasteiger partial charge in [0.1, 0.15) is 5.78 Å². The highest BCUT2D eigenvalue weighted by molar-refractivity contribution is 5.90. The maximum Gasteiger partial charge on any atom is 0.155 e. The second-order valence-corrected chi connectivity index (χ2v) is 12.8. The average molecular weight is 425 g/mol. The SMILES string of the molecule is CC(C)=CC(=O)C[C@@H](C)[C@H]1CC[C@H]2[C@@H]3CC=C4C(C)(C)C(=O)CC[C@]4(C)[C@H]3CC[C@]12C. The van der Waals surface area contributed by atoms with E-state index in [4.69, 9.17) is 0 Å². The van der Waals surface area contributed by atoms with Crippen molar-refractivity contribution < 1.29 is 9.59 Å². The lowest BCUT2D eigenvalue weighted by Crippen LogP contribution is -2.53. The van der Waals surface area contributed by atoms with Gasteiger partial charge in [-0.3, -0.25) is 9.59 Å². The van der Waals surface area contributed by atoms with Crippen LogP contribution in [0.1, 0.15) is 99.8 Å². The highest BCUT2D eigenvalue weighted by Crippen LogP contribution is 2.68. The Labute approximate surface area is 190 Å². The van der Waals surface area contributed by atoms with Crippen LogP contribution in [-0.4, -0.2) is 11.6 Å². The van der Waals surface area contributed by atoms with Crippen molar-refractivity contribution in [1.29, 1.82) is 0 Å². The van der Waals surface area contributed by atoms with E-state index in [-0.39, 0.29) is 10.8 Å². The second kappa shape index (κ2) is 7.70. The van der Waals surface area contributed by atoms with Crippen molar-refractivity contribution in [3.63, 3.8) is 0 Å². The van der Waals surface area contributed by atoms with Gasteiger partial charge in [0.25, 0.3) is 0 Å². The fraction of sp³-hybridized carbons (Fsp3) is 0.793. The van der Waals surface area contributed by atoms with Crippen LogP contribution in [0.15, 0.2) is 23.3 Å². The highest BCUT2D eigenvalue weighted by Gasteiger charge is 2.61. The Hall–Kier alpha value is -1.18. The number of fused-ring (bicyclic) bond motifs is 5. The summed E-state index contributed by atoms with van der Waals surface area (Å²) in [6.07, 6.45) is 13.2. The number of allylic oxidation sites excluding steroid dienone is 4. The van der Waals surface area contributed by atoms with Crippen LogP contribution in [0.25, 0.3) is 0 Å². The van der Waals surface area contributed by atoms with Crippen molar-refractivity contribution in [3.05, 3.63) is 23.3 Å². The van der Waals surface area contributed by atoms with Crippen LogP contribution in [0.4, 0.5) is 0 Å². The number of rotatable bonds is 4. The van der Waals surface area contributed by atoms with Crippen molar-refractivity contribution in [2.24, 2.45) is 45.8 Å². The minimum absolute atomic E-state index is 0.199. The largest absolute Gasteiger partial charge is 0.299 e. The maximum absolute atomic E-state index is 12.7. The van der Waals surface area contributed by atoms with Crippen LogP contribution in [0.5, 0.6) is 0 Å². The normalized spacial score (nSPS) is 42.0. The molecule has 0 aliphatic heterocycles. The van der Waals surface area contributed by atoms with Gasteiger partial charge >= 0.3 is 0 Å². The predicted molar refractivity (Wildman–Crippen MR) is 128 cm³/mol. The Morgan fingerprint density at radius 3 is 2.48 bits per heavy atom. The first-order chi connectivity index (χ1) is 14.4. The third-order valence-corrected chi connectivity index (χ3v) is 10.4. The molecule has 4 rings (SSSR count). The summed E-state index contributed by atoms with van der Waals surface area (Å²) in [5.41, 5.74) is 2.85. The summed E-state index contributed by atoms with van der Waals surface area (Å²) in [6, 6.07) is 0. The average Bonchev–Trinajstić information content (AvgIpc) is 3.02. The Bertz CT molecular complexity index is 826.